The van der Waals surface area contributed by atoms with E-state index in [1.165, 1.54) is 31.2 Å². The SMILES string of the molecule is Cc1[nH]c2ccccc2c1C(=O)[C@@H](C)OC(=O)c1ccc(F)cc1. The van der Waals surface area contributed by atoms with Gasteiger partial charge in [0.05, 0.1) is 5.56 Å². The topological polar surface area (TPSA) is 59.2 Å². The zero-order valence-electron chi connectivity index (χ0n) is 13.3. The molecule has 5 heteroatoms. The lowest BCUT2D eigenvalue weighted by Gasteiger charge is -2.12. The van der Waals surface area contributed by atoms with E-state index in [9.17, 15) is 14.0 Å². The highest BCUT2D eigenvalue weighted by molar-refractivity contribution is 6.11. The monoisotopic (exact) mass is 325 g/mol. The van der Waals surface area contributed by atoms with Crippen LogP contribution in [0.15, 0.2) is 48.5 Å². The summed E-state index contributed by atoms with van der Waals surface area (Å²) in [5, 5.41) is 0.796. The largest absolute Gasteiger partial charge is 0.451 e. The van der Waals surface area contributed by atoms with Crippen molar-refractivity contribution in [3.05, 3.63) is 71.2 Å². The fraction of sp³-hybridized carbons (Fsp3) is 0.158. The van der Waals surface area contributed by atoms with E-state index in [2.05, 4.69) is 4.98 Å². The maximum absolute atomic E-state index is 12.9. The van der Waals surface area contributed by atoms with Gasteiger partial charge in [0.25, 0.3) is 0 Å². The van der Waals surface area contributed by atoms with E-state index in [0.717, 1.165) is 16.6 Å². The van der Waals surface area contributed by atoms with Crippen molar-refractivity contribution < 1.29 is 18.7 Å². The molecule has 1 atom stereocenters. The first-order valence-electron chi connectivity index (χ1n) is 7.55. The van der Waals surface area contributed by atoms with Crippen LogP contribution in [0.1, 0.15) is 33.3 Å². The Balaban J connectivity index is 1.82. The summed E-state index contributed by atoms with van der Waals surface area (Å²) in [5.74, 6) is -1.38. The van der Waals surface area contributed by atoms with E-state index in [1.807, 2.05) is 31.2 Å². The summed E-state index contributed by atoms with van der Waals surface area (Å²) in [6.07, 6.45) is -0.944. The van der Waals surface area contributed by atoms with Gasteiger partial charge in [-0.2, -0.15) is 0 Å². The van der Waals surface area contributed by atoms with Gasteiger partial charge < -0.3 is 9.72 Å². The number of fused-ring (bicyclic) bond motifs is 1. The minimum absolute atomic E-state index is 0.201. The number of carbonyl (C=O) groups excluding carboxylic acids is 2. The third-order valence-corrected chi connectivity index (χ3v) is 3.87. The number of aromatic amines is 1. The van der Waals surface area contributed by atoms with Crippen molar-refractivity contribution in [1.82, 2.24) is 4.98 Å². The molecule has 3 aromatic rings. The first kappa shape index (κ1) is 15.9. The van der Waals surface area contributed by atoms with Gasteiger partial charge in [0, 0.05) is 22.2 Å². The maximum Gasteiger partial charge on any atom is 0.338 e. The second kappa shape index (κ2) is 6.28. The van der Waals surface area contributed by atoms with Crippen LogP contribution in [0.4, 0.5) is 4.39 Å². The number of ketones is 1. The summed E-state index contributed by atoms with van der Waals surface area (Å²) in [6.45, 7) is 3.34. The number of nitrogens with one attached hydrogen (secondary N) is 1. The number of Topliss-reactive ketones (excluding diaryl/α,β-unsaturated/α-hetero) is 1. The van der Waals surface area contributed by atoms with Gasteiger partial charge in [-0.15, -0.1) is 0 Å². The molecule has 1 heterocycles. The summed E-state index contributed by atoms with van der Waals surface area (Å²) in [7, 11) is 0. The third kappa shape index (κ3) is 2.93. The predicted molar refractivity (Wildman–Crippen MR) is 88.6 cm³/mol. The van der Waals surface area contributed by atoms with Gasteiger partial charge in [-0.1, -0.05) is 18.2 Å². The van der Waals surface area contributed by atoms with Crippen molar-refractivity contribution in [3.8, 4) is 0 Å². The Labute approximate surface area is 138 Å². The number of halogens is 1. The van der Waals surface area contributed by atoms with Gasteiger partial charge in [0.2, 0.25) is 5.78 Å². The first-order valence-corrected chi connectivity index (χ1v) is 7.55. The van der Waals surface area contributed by atoms with Gasteiger partial charge >= 0.3 is 5.97 Å². The number of H-pyrrole nitrogens is 1. The smallest absolute Gasteiger partial charge is 0.338 e. The number of hydrogen-bond acceptors (Lipinski definition) is 3. The van der Waals surface area contributed by atoms with E-state index < -0.39 is 17.9 Å². The molecule has 0 amide bonds. The van der Waals surface area contributed by atoms with Crippen LogP contribution >= 0.6 is 0 Å². The molecule has 0 aliphatic heterocycles. The van der Waals surface area contributed by atoms with Crippen LogP contribution < -0.4 is 0 Å². The predicted octanol–water partition coefficient (Wildman–Crippen LogP) is 4.04. The molecular formula is C19H16FNO3. The van der Waals surface area contributed by atoms with Crippen LogP contribution in [0.3, 0.4) is 0 Å². The third-order valence-electron chi connectivity index (χ3n) is 3.87. The summed E-state index contributed by atoms with van der Waals surface area (Å²) in [5.41, 5.74) is 2.30. The Bertz CT molecular complexity index is 912. The number of aryl methyl sites for hydroxylation is 1. The zero-order valence-corrected chi connectivity index (χ0v) is 13.3. The van der Waals surface area contributed by atoms with Gasteiger partial charge in [-0.25, -0.2) is 9.18 Å². The molecule has 2 aromatic carbocycles. The first-order chi connectivity index (χ1) is 11.5. The molecule has 4 nitrogen and oxygen atoms in total. The van der Waals surface area contributed by atoms with E-state index in [-0.39, 0.29) is 11.3 Å². The van der Waals surface area contributed by atoms with Crippen LogP contribution in [0.25, 0.3) is 10.9 Å². The minimum Gasteiger partial charge on any atom is -0.451 e. The molecule has 0 spiro atoms. The molecule has 3 rings (SSSR count). The van der Waals surface area contributed by atoms with Crippen molar-refractivity contribution >= 4 is 22.7 Å². The molecule has 0 aliphatic carbocycles. The van der Waals surface area contributed by atoms with Crippen molar-refractivity contribution in [2.75, 3.05) is 0 Å². The Morgan fingerprint density at radius 2 is 1.75 bits per heavy atom. The number of ether oxygens (including phenoxy) is 1. The van der Waals surface area contributed by atoms with E-state index in [4.69, 9.17) is 4.74 Å². The van der Waals surface area contributed by atoms with E-state index in [0.29, 0.717) is 5.56 Å². The summed E-state index contributed by atoms with van der Waals surface area (Å²) < 4.78 is 18.2. The molecule has 122 valence electrons. The molecule has 1 N–H and O–H groups in total. The highest BCUT2D eigenvalue weighted by Crippen LogP contribution is 2.24. The number of esters is 1. The lowest BCUT2D eigenvalue weighted by molar-refractivity contribution is 0.0319. The number of aromatic nitrogens is 1. The van der Waals surface area contributed by atoms with E-state index >= 15 is 0 Å². The Kier molecular flexibility index (Phi) is 4.16. The Morgan fingerprint density at radius 3 is 2.46 bits per heavy atom. The highest BCUT2D eigenvalue weighted by atomic mass is 19.1. The summed E-state index contributed by atoms with van der Waals surface area (Å²) >= 11 is 0. The average molecular weight is 325 g/mol. The standard InChI is InChI=1S/C19H16FNO3/c1-11-17(15-5-3-4-6-16(15)21-11)18(22)12(2)24-19(23)13-7-9-14(20)10-8-13/h3-10,12,21H,1-2H3/t12-/m1/s1. The maximum atomic E-state index is 12.9. The highest BCUT2D eigenvalue weighted by Gasteiger charge is 2.24. The van der Waals surface area contributed by atoms with Gasteiger partial charge in [-0.05, 0) is 44.2 Å². The van der Waals surface area contributed by atoms with Gasteiger partial charge in [-0.3, -0.25) is 4.79 Å². The lowest BCUT2D eigenvalue weighted by Crippen LogP contribution is -2.24. The van der Waals surface area contributed by atoms with Crippen molar-refractivity contribution in [2.24, 2.45) is 0 Å². The van der Waals surface area contributed by atoms with Crippen LogP contribution in [0, 0.1) is 12.7 Å². The molecule has 1 aromatic heterocycles. The molecular weight excluding hydrogens is 309 g/mol. The number of carbonyl (C=O) groups is 2. The number of hydrogen-bond donors (Lipinski definition) is 1. The Hall–Kier alpha value is -2.95. The van der Waals surface area contributed by atoms with Crippen LogP contribution in [-0.4, -0.2) is 22.8 Å². The molecule has 0 bridgehead atoms. The summed E-state index contributed by atoms with van der Waals surface area (Å²) in [6, 6.07) is 12.5. The van der Waals surface area contributed by atoms with Gasteiger partial charge in [0.15, 0.2) is 6.10 Å². The Morgan fingerprint density at radius 1 is 1.08 bits per heavy atom. The summed E-state index contributed by atoms with van der Waals surface area (Å²) in [4.78, 5) is 27.9. The molecule has 0 aliphatic rings. The molecule has 0 unspecified atom stereocenters. The van der Waals surface area contributed by atoms with Crippen LogP contribution in [0.2, 0.25) is 0 Å². The molecule has 0 fully saturated rings. The molecule has 24 heavy (non-hydrogen) atoms. The van der Waals surface area contributed by atoms with Crippen molar-refractivity contribution in [3.63, 3.8) is 0 Å². The van der Waals surface area contributed by atoms with Crippen LogP contribution in [-0.2, 0) is 4.74 Å². The lowest BCUT2D eigenvalue weighted by atomic mass is 10.0. The van der Waals surface area contributed by atoms with Crippen molar-refractivity contribution in [2.45, 2.75) is 20.0 Å². The van der Waals surface area contributed by atoms with E-state index in [1.54, 1.807) is 0 Å². The zero-order chi connectivity index (χ0) is 17.3. The second-order valence-corrected chi connectivity index (χ2v) is 5.59. The fourth-order valence-electron chi connectivity index (χ4n) is 2.67. The minimum atomic E-state index is -0.944. The normalized spacial score (nSPS) is 12.1. The van der Waals surface area contributed by atoms with Crippen LogP contribution in [0.5, 0.6) is 0 Å². The second-order valence-electron chi connectivity index (χ2n) is 5.59. The molecule has 0 saturated carbocycles. The molecule has 0 radical (unpaired) electrons. The fourth-order valence-corrected chi connectivity index (χ4v) is 2.67. The van der Waals surface area contributed by atoms with Gasteiger partial charge in [0.1, 0.15) is 5.82 Å². The number of rotatable bonds is 4. The molecule has 0 saturated heterocycles. The van der Waals surface area contributed by atoms with Crippen molar-refractivity contribution in [1.29, 1.82) is 0 Å². The average Bonchev–Trinajstić information content (AvgIpc) is 2.90. The quantitative estimate of drug-likeness (QED) is 0.582. The number of para-hydroxylation sites is 1. The number of benzene rings is 2.